The fourth-order valence-corrected chi connectivity index (χ4v) is 4.01. The van der Waals surface area contributed by atoms with E-state index in [9.17, 15) is 5.11 Å². The molecule has 5 rings (SSSR count). The van der Waals surface area contributed by atoms with E-state index in [-0.39, 0.29) is 12.6 Å². The zero-order valence-electron chi connectivity index (χ0n) is 18.6. The van der Waals surface area contributed by atoms with Gasteiger partial charge in [-0.3, -0.25) is 0 Å². The number of anilines is 1. The number of benzene rings is 1. The first-order chi connectivity index (χ1) is 16.2. The lowest BCUT2D eigenvalue weighted by atomic mass is 10.1. The second-order valence-electron chi connectivity index (χ2n) is 8.00. The Bertz CT molecular complexity index is 1280. The molecule has 3 aromatic heterocycles. The fourth-order valence-electron chi connectivity index (χ4n) is 4.01. The Morgan fingerprint density at radius 2 is 2.00 bits per heavy atom. The van der Waals surface area contributed by atoms with Gasteiger partial charge in [0, 0.05) is 29.9 Å². The smallest absolute Gasteiger partial charge is 0.212 e. The van der Waals surface area contributed by atoms with Crippen molar-refractivity contribution in [3.05, 3.63) is 60.3 Å². The van der Waals surface area contributed by atoms with Crippen LogP contribution in [0.25, 0.3) is 33.7 Å². The summed E-state index contributed by atoms with van der Waals surface area (Å²) in [6.07, 6.45) is 1.71. The van der Waals surface area contributed by atoms with Crippen molar-refractivity contribution in [2.75, 3.05) is 31.8 Å². The summed E-state index contributed by atoms with van der Waals surface area (Å²) in [5.41, 5.74) is 3.95. The number of hydrogen-bond donors (Lipinski definition) is 1. The van der Waals surface area contributed by atoms with Crippen molar-refractivity contribution < 1.29 is 14.6 Å². The van der Waals surface area contributed by atoms with Crippen molar-refractivity contribution in [1.82, 2.24) is 19.9 Å². The van der Waals surface area contributed by atoms with E-state index in [1.165, 1.54) is 0 Å². The molecule has 4 heterocycles. The van der Waals surface area contributed by atoms with Crippen LogP contribution in [0.15, 0.2) is 54.7 Å². The van der Waals surface area contributed by atoms with E-state index in [0.717, 1.165) is 40.1 Å². The molecule has 0 aliphatic carbocycles. The van der Waals surface area contributed by atoms with E-state index in [2.05, 4.69) is 16.8 Å². The summed E-state index contributed by atoms with van der Waals surface area (Å²) in [6, 6.07) is 15.6. The van der Waals surface area contributed by atoms with Gasteiger partial charge in [-0.05, 0) is 36.8 Å². The molecule has 8 nitrogen and oxygen atoms in total. The fraction of sp³-hybridized carbons (Fsp3) is 0.280. The van der Waals surface area contributed by atoms with Crippen molar-refractivity contribution >= 4 is 16.9 Å². The Balaban J connectivity index is 1.67. The lowest BCUT2D eigenvalue weighted by molar-refractivity contribution is 0.0987. The van der Waals surface area contributed by atoms with Crippen molar-refractivity contribution in [2.45, 2.75) is 19.6 Å². The minimum absolute atomic E-state index is 0.0166. The van der Waals surface area contributed by atoms with Crippen LogP contribution in [0.2, 0.25) is 0 Å². The maximum Gasteiger partial charge on any atom is 0.212 e. The monoisotopic (exact) mass is 443 g/mol. The minimum Gasteiger partial charge on any atom is -0.481 e. The SMILES string of the molecule is COc1ccc(-c2nc(N3CCOC[C@@H]3C)c3ccc(-c4cccc(CO)c4)nc3n2)cn1. The third-order valence-corrected chi connectivity index (χ3v) is 5.79. The average molecular weight is 444 g/mol. The Morgan fingerprint density at radius 3 is 2.76 bits per heavy atom. The topological polar surface area (TPSA) is 93.5 Å². The normalized spacial score (nSPS) is 16.2. The van der Waals surface area contributed by atoms with Crippen molar-refractivity contribution in [3.8, 4) is 28.5 Å². The maximum absolute atomic E-state index is 9.51. The zero-order valence-corrected chi connectivity index (χ0v) is 18.6. The van der Waals surface area contributed by atoms with Gasteiger partial charge in [-0.2, -0.15) is 0 Å². The second-order valence-corrected chi connectivity index (χ2v) is 8.00. The molecule has 0 spiro atoms. The Kier molecular flexibility index (Phi) is 5.85. The highest BCUT2D eigenvalue weighted by molar-refractivity contribution is 5.90. The molecule has 0 bridgehead atoms. The number of aromatic nitrogens is 4. The first-order valence-corrected chi connectivity index (χ1v) is 10.9. The van der Waals surface area contributed by atoms with E-state index in [0.29, 0.717) is 30.6 Å². The molecule has 1 aliphatic heterocycles. The van der Waals surface area contributed by atoms with E-state index in [4.69, 9.17) is 24.4 Å². The molecule has 1 aromatic carbocycles. The van der Waals surface area contributed by atoms with Crippen LogP contribution in [-0.4, -0.2) is 58.0 Å². The van der Waals surface area contributed by atoms with Crippen molar-refractivity contribution in [1.29, 1.82) is 0 Å². The summed E-state index contributed by atoms with van der Waals surface area (Å²) in [5, 5.41) is 10.4. The Labute approximate surface area is 191 Å². The van der Waals surface area contributed by atoms with Crippen molar-refractivity contribution in [2.24, 2.45) is 0 Å². The van der Waals surface area contributed by atoms with Gasteiger partial charge in [-0.25, -0.2) is 19.9 Å². The molecule has 8 heteroatoms. The highest BCUT2D eigenvalue weighted by Crippen LogP contribution is 2.31. The first kappa shape index (κ1) is 21.2. The molecule has 1 aliphatic rings. The summed E-state index contributed by atoms with van der Waals surface area (Å²) in [6.45, 7) is 4.15. The van der Waals surface area contributed by atoms with Gasteiger partial charge >= 0.3 is 0 Å². The Hall–Kier alpha value is -3.62. The summed E-state index contributed by atoms with van der Waals surface area (Å²) in [4.78, 5) is 21.2. The summed E-state index contributed by atoms with van der Waals surface area (Å²) in [7, 11) is 1.59. The molecule has 1 fully saturated rings. The summed E-state index contributed by atoms with van der Waals surface area (Å²) in [5.74, 6) is 1.93. The molecule has 1 saturated heterocycles. The lowest BCUT2D eigenvalue weighted by Crippen LogP contribution is -2.44. The minimum atomic E-state index is -0.0166. The molecule has 0 saturated carbocycles. The first-order valence-electron chi connectivity index (χ1n) is 10.9. The number of hydrogen-bond acceptors (Lipinski definition) is 8. The van der Waals surface area contributed by atoms with Gasteiger partial charge in [0.25, 0.3) is 0 Å². The number of fused-ring (bicyclic) bond motifs is 1. The number of ether oxygens (including phenoxy) is 2. The van der Waals surface area contributed by atoms with Gasteiger partial charge < -0.3 is 19.5 Å². The lowest BCUT2D eigenvalue weighted by Gasteiger charge is -2.35. The van der Waals surface area contributed by atoms with Gasteiger partial charge in [0.2, 0.25) is 5.88 Å². The molecule has 4 aromatic rings. The van der Waals surface area contributed by atoms with Crippen LogP contribution in [0.5, 0.6) is 5.88 Å². The molecule has 1 N–H and O–H groups in total. The van der Waals surface area contributed by atoms with Crippen LogP contribution in [0.3, 0.4) is 0 Å². The van der Waals surface area contributed by atoms with Crippen LogP contribution in [-0.2, 0) is 11.3 Å². The standard InChI is InChI=1S/C25H25N5O3/c1-16-15-33-11-10-30(16)25-20-7-8-21(18-5-3-4-17(12-18)14-31)27-24(20)28-23(29-25)19-6-9-22(32-2)26-13-19/h3-9,12-13,16,31H,10-11,14-15H2,1-2H3/t16-/m0/s1. The van der Waals surface area contributed by atoms with Gasteiger partial charge in [-0.1, -0.05) is 18.2 Å². The number of aliphatic hydroxyl groups is 1. The zero-order chi connectivity index (χ0) is 22.8. The van der Waals surface area contributed by atoms with Gasteiger partial charge in [0.15, 0.2) is 11.5 Å². The van der Waals surface area contributed by atoms with E-state index >= 15 is 0 Å². The molecule has 0 unspecified atom stereocenters. The summed E-state index contributed by atoms with van der Waals surface area (Å²) >= 11 is 0. The highest BCUT2D eigenvalue weighted by atomic mass is 16.5. The summed E-state index contributed by atoms with van der Waals surface area (Å²) < 4.78 is 10.8. The molecule has 1 atom stereocenters. The number of morpholine rings is 1. The molecule has 33 heavy (non-hydrogen) atoms. The molecular weight excluding hydrogens is 418 g/mol. The van der Waals surface area contributed by atoms with Gasteiger partial charge in [-0.15, -0.1) is 0 Å². The highest BCUT2D eigenvalue weighted by Gasteiger charge is 2.24. The number of nitrogens with zero attached hydrogens (tertiary/aromatic N) is 5. The van der Waals surface area contributed by atoms with Gasteiger partial charge in [0.1, 0.15) is 5.82 Å². The number of rotatable bonds is 5. The van der Waals surface area contributed by atoms with E-state index in [1.807, 2.05) is 42.5 Å². The van der Waals surface area contributed by atoms with E-state index in [1.54, 1.807) is 19.4 Å². The molecule has 0 amide bonds. The molecular formula is C25H25N5O3. The van der Waals surface area contributed by atoms with Crippen LogP contribution >= 0.6 is 0 Å². The maximum atomic E-state index is 9.51. The average Bonchev–Trinajstić information content (AvgIpc) is 2.88. The number of aliphatic hydroxyl groups excluding tert-OH is 1. The quantitative estimate of drug-likeness (QED) is 0.501. The molecule has 0 radical (unpaired) electrons. The van der Waals surface area contributed by atoms with Crippen molar-refractivity contribution in [3.63, 3.8) is 0 Å². The molecule has 168 valence electrons. The second kappa shape index (κ2) is 9.09. The third-order valence-electron chi connectivity index (χ3n) is 5.79. The Morgan fingerprint density at radius 1 is 1.09 bits per heavy atom. The van der Waals surface area contributed by atoms with Gasteiger partial charge in [0.05, 0.1) is 44.1 Å². The predicted octanol–water partition coefficient (Wildman–Crippen LogP) is 3.48. The van der Waals surface area contributed by atoms with E-state index < -0.39 is 0 Å². The predicted molar refractivity (Wildman–Crippen MR) is 126 cm³/mol. The van der Waals surface area contributed by atoms with Crippen LogP contribution in [0, 0.1) is 0 Å². The number of methoxy groups -OCH3 is 1. The number of pyridine rings is 2. The van der Waals surface area contributed by atoms with Crippen LogP contribution < -0.4 is 9.64 Å². The third kappa shape index (κ3) is 4.22. The largest absolute Gasteiger partial charge is 0.481 e. The van der Waals surface area contributed by atoms with Crippen LogP contribution in [0.1, 0.15) is 12.5 Å². The van der Waals surface area contributed by atoms with Crippen LogP contribution in [0.4, 0.5) is 5.82 Å².